The fourth-order valence-corrected chi connectivity index (χ4v) is 4.65. The minimum Gasteiger partial charge on any atom is -0.375 e. The maximum atomic E-state index is 6.15. The molecular formula is C14H24N4OS. The number of rotatable bonds is 3. The van der Waals surface area contributed by atoms with E-state index < -0.39 is 0 Å². The molecule has 6 heteroatoms. The standard InChI is InChI=1S/C14H24N4OS/c1-18-12(10-15)16-17-13(18)20-11-5-8-19-14(9-11)6-3-2-4-7-14/h11H,2-10,15H2,1H3. The Morgan fingerprint density at radius 1 is 1.35 bits per heavy atom. The molecule has 5 nitrogen and oxygen atoms in total. The Hall–Kier alpha value is -0.590. The third kappa shape index (κ3) is 2.87. The second-order valence-electron chi connectivity index (χ2n) is 5.99. The Bertz CT molecular complexity index is 451. The van der Waals surface area contributed by atoms with E-state index in [9.17, 15) is 0 Å². The van der Waals surface area contributed by atoms with Gasteiger partial charge in [-0.15, -0.1) is 10.2 Å². The van der Waals surface area contributed by atoms with Gasteiger partial charge in [0.2, 0.25) is 0 Å². The Morgan fingerprint density at radius 2 is 2.15 bits per heavy atom. The average Bonchev–Trinajstić information content (AvgIpc) is 2.80. The summed E-state index contributed by atoms with van der Waals surface area (Å²) in [5, 5.41) is 9.99. The van der Waals surface area contributed by atoms with Crippen LogP contribution in [0.25, 0.3) is 0 Å². The normalized spacial score (nSPS) is 26.0. The van der Waals surface area contributed by atoms with Crippen LogP contribution in [0.4, 0.5) is 0 Å². The van der Waals surface area contributed by atoms with Crippen molar-refractivity contribution in [2.45, 2.75) is 67.5 Å². The lowest BCUT2D eigenvalue weighted by atomic mass is 9.80. The summed E-state index contributed by atoms with van der Waals surface area (Å²) in [5.41, 5.74) is 5.81. The predicted molar refractivity (Wildman–Crippen MR) is 79.5 cm³/mol. The minimum absolute atomic E-state index is 0.156. The van der Waals surface area contributed by atoms with Crippen molar-refractivity contribution < 1.29 is 4.74 Å². The predicted octanol–water partition coefficient (Wildman–Crippen LogP) is 2.25. The summed E-state index contributed by atoms with van der Waals surface area (Å²) in [5.74, 6) is 0.854. The monoisotopic (exact) mass is 296 g/mol. The zero-order valence-corrected chi connectivity index (χ0v) is 13.0. The second-order valence-corrected chi connectivity index (χ2v) is 7.25. The Labute approximate surface area is 124 Å². The van der Waals surface area contributed by atoms with Gasteiger partial charge < -0.3 is 15.0 Å². The van der Waals surface area contributed by atoms with Gasteiger partial charge in [-0.25, -0.2) is 0 Å². The van der Waals surface area contributed by atoms with Crippen molar-refractivity contribution in [2.24, 2.45) is 12.8 Å². The van der Waals surface area contributed by atoms with Crippen molar-refractivity contribution >= 4 is 11.8 Å². The van der Waals surface area contributed by atoms with E-state index in [0.29, 0.717) is 11.8 Å². The van der Waals surface area contributed by atoms with E-state index in [-0.39, 0.29) is 5.60 Å². The van der Waals surface area contributed by atoms with Crippen LogP contribution in [0.15, 0.2) is 5.16 Å². The molecule has 1 aromatic heterocycles. The molecule has 1 aromatic rings. The van der Waals surface area contributed by atoms with E-state index >= 15 is 0 Å². The lowest BCUT2D eigenvalue weighted by molar-refractivity contribution is -0.0971. The van der Waals surface area contributed by atoms with Gasteiger partial charge in [-0.2, -0.15) is 0 Å². The van der Waals surface area contributed by atoms with Gasteiger partial charge in [0, 0.05) is 18.9 Å². The number of hydrogen-bond donors (Lipinski definition) is 1. The van der Waals surface area contributed by atoms with E-state index in [0.717, 1.165) is 30.4 Å². The lowest BCUT2D eigenvalue weighted by Crippen LogP contribution is -2.42. The molecule has 0 aromatic carbocycles. The number of thioether (sulfide) groups is 1. The molecule has 1 spiro atoms. The van der Waals surface area contributed by atoms with Crippen LogP contribution in [0.2, 0.25) is 0 Å². The summed E-state index contributed by atoms with van der Waals surface area (Å²) in [6.45, 7) is 1.33. The molecule has 2 N–H and O–H groups in total. The number of nitrogens with two attached hydrogens (primary N) is 1. The largest absolute Gasteiger partial charge is 0.375 e. The van der Waals surface area contributed by atoms with Crippen molar-refractivity contribution in [3.05, 3.63) is 5.82 Å². The van der Waals surface area contributed by atoms with Gasteiger partial charge in [-0.3, -0.25) is 0 Å². The van der Waals surface area contributed by atoms with Crippen LogP contribution in [0.1, 0.15) is 50.8 Å². The van der Waals surface area contributed by atoms with Crippen LogP contribution in [0.5, 0.6) is 0 Å². The Morgan fingerprint density at radius 3 is 2.85 bits per heavy atom. The highest BCUT2D eigenvalue weighted by molar-refractivity contribution is 7.99. The summed E-state index contributed by atoms with van der Waals surface area (Å²) in [6, 6.07) is 0. The maximum Gasteiger partial charge on any atom is 0.191 e. The molecule has 1 aliphatic heterocycles. The van der Waals surface area contributed by atoms with Crippen molar-refractivity contribution in [1.82, 2.24) is 14.8 Å². The first-order valence-electron chi connectivity index (χ1n) is 7.61. The van der Waals surface area contributed by atoms with Crippen molar-refractivity contribution in [2.75, 3.05) is 6.61 Å². The first kappa shape index (κ1) is 14.4. The Kier molecular flexibility index (Phi) is 4.33. The summed E-state index contributed by atoms with van der Waals surface area (Å²) in [6.07, 6.45) is 8.73. The zero-order chi connectivity index (χ0) is 14.0. The van der Waals surface area contributed by atoms with Crippen molar-refractivity contribution in [3.8, 4) is 0 Å². The molecule has 1 atom stereocenters. The maximum absolute atomic E-state index is 6.15. The molecule has 1 aliphatic carbocycles. The molecule has 2 aliphatic rings. The van der Waals surface area contributed by atoms with Gasteiger partial charge >= 0.3 is 0 Å². The summed E-state index contributed by atoms with van der Waals surface area (Å²) in [4.78, 5) is 0. The highest BCUT2D eigenvalue weighted by Crippen LogP contribution is 2.42. The van der Waals surface area contributed by atoms with Gasteiger partial charge in [0.15, 0.2) is 5.16 Å². The molecule has 0 bridgehead atoms. The number of nitrogens with zero attached hydrogens (tertiary/aromatic N) is 3. The molecule has 3 rings (SSSR count). The van der Waals surface area contributed by atoms with Gasteiger partial charge in [0.1, 0.15) is 5.82 Å². The highest BCUT2D eigenvalue weighted by atomic mass is 32.2. The van der Waals surface area contributed by atoms with Gasteiger partial charge in [-0.05, 0) is 25.7 Å². The van der Waals surface area contributed by atoms with Crippen molar-refractivity contribution in [1.29, 1.82) is 0 Å². The second kappa shape index (κ2) is 6.03. The first-order chi connectivity index (χ1) is 9.72. The summed E-state index contributed by atoms with van der Waals surface area (Å²) < 4.78 is 8.18. The SMILES string of the molecule is Cn1c(CN)nnc1SC1CCOC2(CCCCC2)C1. The molecule has 112 valence electrons. The van der Waals surface area contributed by atoms with Gasteiger partial charge in [0.25, 0.3) is 0 Å². The molecule has 1 saturated heterocycles. The smallest absolute Gasteiger partial charge is 0.191 e. The summed E-state index contributed by atoms with van der Waals surface area (Å²) in [7, 11) is 2.00. The van der Waals surface area contributed by atoms with E-state index in [2.05, 4.69) is 10.2 Å². The van der Waals surface area contributed by atoms with Gasteiger partial charge in [-0.1, -0.05) is 31.0 Å². The first-order valence-corrected chi connectivity index (χ1v) is 8.49. The van der Waals surface area contributed by atoms with E-state index in [1.807, 2.05) is 23.4 Å². The van der Waals surface area contributed by atoms with E-state index in [4.69, 9.17) is 10.5 Å². The quantitative estimate of drug-likeness (QED) is 0.926. The topological polar surface area (TPSA) is 66.0 Å². The zero-order valence-electron chi connectivity index (χ0n) is 12.2. The van der Waals surface area contributed by atoms with Crippen molar-refractivity contribution in [3.63, 3.8) is 0 Å². The van der Waals surface area contributed by atoms with Crippen LogP contribution in [-0.2, 0) is 18.3 Å². The number of ether oxygens (including phenoxy) is 1. The molecule has 20 heavy (non-hydrogen) atoms. The van der Waals surface area contributed by atoms with Crippen LogP contribution < -0.4 is 5.73 Å². The fourth-order valence-electron chi connectivity index (χ4n) is 3.40. The van der Waals surface area contributed by atoms with E-state index in [1.165, 1.54) is 32.1 Å². The number of hydrogen-bond acceptors (Lipinski definition) is 5. The highest BCUT2D eigenvalue weighted by Gasteiger charge is 2.39. The lowest BCUT2D eigenvalue weighted by Gasteiger charge is -2.43. The molecule has 2 heterocycles. The number of aromatic nitrogens is 3. The molecule has 1 unspecified atom stereocenters. The van der Waals surface area contributed by atoms with Crippen LogP contribution in [0, 0.1) is 0 Å². The molecule has 1 saturated carbocycles. The van der Waals surface area contributed by atoms with E-state index in [1.54, 1.807) is 0 Å². The fraction of sp³-hybridized carbons (Fsp3) is 0.857. The van der Waals surface area contributed by atoms with Gasteiger partial charge in [0.05, 0.1) is 12.1 Å². The van der Waals surface area contributed by atoms with Crippen LogP contribution in [0.3, 0.4) is 0 Å². The molecule has 0 radical (unpaired) electrons. The average molecular weight is 296 g/mol. The molecule has 0 amide bonds. The van der Waals surface area contributed by atoms with Crippen LogP contribution >= 0.6 is 11.8 Å². The van der Waals surface area contributed by atoms with Crippen LogP contribution in [-0.4, -0.2) is 32.2 Å². The third-order valence-electron chi connectivity index (χ3n) is 4.59. The minimum atomic E-state index is 0.156. The Balaban J connectivity index is 1.66. The molecule has 2 fully saturated rings. The molecular weight excluding hydrogens is 272 g/mol. The summed E-state index contributed by atoms with van der Waals surface area (Å²) >= 11 is 1.85. The third-order valence-corrected chi connectivity index (χ3v) is 5.89.